The van der Waals surface area contributed by atoms with Crippen molar-refractivity contribution < 1.29 is 4.42 Å². The quantitative estimate of drug-likeness (QED) is 0.502. The average molecular weight is 297 g/mol. The van der Waals surface area contributed by atoms with Crippen LogP contribution in [-0.4, -0.2) is 9.55 Å². The Kier molecular flexibility index (Phi) is 2.59. The molecule has 4 aromatic rings. The fourth-order valence-corrected chi connectivity index (χ4v) is 2.58. The summed E-state index contributed by atoms with van der Waals surface area (Å²) in [5.41, 5.74) is 2.06. The van der Waals surface area contributed by atoms with E-state index in [9.17, 15) is 4.79 Å². The summed E-state index contributed by atoms with van der Waals surface area (Å²) in [6.07, 6.45) is 1.62. The van der Waals surface area contributed by atoms with E-state index < -0.39 is 5.63 Å². The normalized spacial score (nSPS) is 11.3. The van der Waals surface area contributed by atoms with Gasteiger partial charge in [0.05, 0.1) is 5.52 Å². The van der Waals surface area contributed by atoms with Gasteiger partial charge in [0.1, 0.15) is 11.9 Å². The molecular weight excluding hydrogens is 288 g/mol. The molecule has 102 valence electrons. The second-order valence-electron chi connectivity index (χ2n) is 4.67. The molecule has 0 atom stereocenters. The summed E-state index contributed by atoms with van der Waals surface area (Å²) in [5, 5.41) is 1.51. The van der Waals surface area contributed by atoms with Gasteiger partial charge in [-0.05, 0) is 36.4 Å². The van der Waals surface area contributed by atoms with Gasteiger partial charge in [-0.25, -0.2) is 9.78 Å². The Morgan fingerprint density at radius 3 is 2.62 bits per heavy atom. The highest BCUT2D eigenvalue weighted by Gasteiger charge is 2.13. The third kappa shape index (κ3) is 1.84. The zero-order valence-electron chi connectivity index (χ0n) is 10.8. The number of fused-ring (bicyclic) bond motifs is 3. The highest BCUT2D eigenvalue weighted by molar-refractivity contribution is 6.30. The molecule has 0 saturated heterocycles. The van der Waals surface area contributed by atoms with Gasteiger partial charge in [-0.1, -0.05) is 23.7 Å². The lowest BCUT2D eigenvalue weighted by Gasteiger charge is -2.06. The van der Waals surface area contributed by atoms with Crippen LogP contribution in [0.4, 0.5) is 0 Å². The largest absolute Gasteiger partial charge is 0.421 e. The molecule has 4 nitrogen and oxygen atoms in total. The third-order valence-corrected chi connectivity index (χ3v) is 3.66. The molecule has 0 unspecified atom stereocenters. The summed E-state index contributed by atoms with van der Waals surface area (Å²) >= 11 is 5.92. The van der Waals surface area contributed by atoms with Crippen molar-refractivity contribution in [2.45, 2.75) is 0 Å². The Morgan fingerprint density at radius 1 is 1.05 bits per heavy atom. The molecule has 2 aromatic carbocycles. The lowest BCUT2D eigenvalue weighted by atomic mass is 10.2. The minimum absolute atomic E-state index is 0.323. The van der Waals surface area contributed by atoms with Crippen LogP contribution in [0, 0.1) is 0 Å². The first kappa shape index (κ1) is 12.2. The van der Waals surface area contributed by atoms with Gasteiger partial charge in [0.25, 0.3) is 0 Å². The van der Waals surface area contributed by atoms with E-state index in [0.717, 1.165) is 16.6 Å². The Labute approximate surface area is 124 Å². The molecule has 2 heterocycles. The van der Waals surface area contributed by atoms with Gasteiger partial charge in [0.15, 0.2) is 5.52 Å². The standard InChI is InChI=1S/C16H9ClN2O2/c17-10-5-7-11(8-6-10)19-9-18-14-15(19)12-3-1-2-4-13(12)21-16(14)20/h1-9H. The van der Waals surface area contributed by atoms with E-state index in [-0.39, 0.29) is 0 Å². The zero-order chi connectivity index (χ0) is 14.4. The highest BCUT2D eigenvalue weighted by atomic mass is 35.5. The van der Waals surface area contributed by atoms with E-state index >= 15 is 0 Å². The van der Waals surface area contributed by atoms with Gasteiger partial charge in [-0.15, -0.1) is 0 Å². The number of hydrogen-bond acceptors (Lipinski definition) is 3. The molecule has 0 saturated carbocycles. The molecule has 0 radical (unpaired) electrons. The van der Waals surface area contributed by atoms with Crippen molar-refractivity contribution in [1.29, 1.82) is 0 Å². The second-order valence-corrected chi connectivity index (χ2v) is 5.11. The van der Waals surface area contributed by atoms with E-state index in [2.05, 4.69) is 4.98 Å². The summed E-state index contributed by atoms with van der Waals surface area (Å²) in [6.45, 7) is 0. The summed E-state index contributed by atoms with van der Waals surface area (Å²) in [4.78, 5) is 16.2. The number of nitrogens with zero attached hydrogens (tertiary/aromatic N) is 2. The Balaban J connectivity index is 2.15. The molecule has 0 aliphatic carbocycles. The number of halogens is 1. The SMILES string of the molecule is O=c1oc2ccccc2c2c1ncn2-c1ccc(Cl)cc1. The lowest BCUT2D eigenvalue weighted by molar-refractivity contribution is 0.568. The van der Waals surface area contributed by atoms with E-state index in [0.29, 0.717) is 16.1 Å². The van der Waals surface area contributed by atoms with Crippen LogP contribution in [0.5, 0.6) is 0 Å². The number of imidazole rings is 1. The Morgan fingerprint density at radius 2 is 1.81 bits per heavy atom. The number of rotatable bonds is 1. The Hall–Kier alpha value is -2.59. The van der Waals surface area contributed by atoms with Crippen molar-refractivity contribution >= 4 is 33.6 Å². The van der Waals surface area contributed by atoms with Gasteiger partial charge < -0.3 is 4.42 Å². The van der Waals surface area contributed by atoms with Crippen LogP contribution in [0.15, 0.2) is 64.1 Å². The maximum atomic E-state index is 12.0. The van der Waals surface area contributed by atoms with Crippen LogP contribution < -0.4 is 5.63 Å². The minimum Gasteiger partial charge on any atom is -0.421 e. The average Bonchev–Trinajstić information content (AvgIpc) is 2.94. The molecule has 0 fully saturated rings. The summed E-state index contributed by atoms with van der Waals surface area (Å²) < 4.78 is 7.16. The van der Waals surface area contributed by atoms with E-state index in [1.54, 1.807) is 24.5 Å². The summed E-state index contributed by atoms with van der Waals surface area (Å²) in [5.74, 6) is 0. The smallest absolute Gasteiger partial charge is 0.364 e. The fraction of sp³-hybridized carbons (Fsp3) is 0. The van der Waals surface area contributed by atoms with Crippen LogP contribution in [0.3, 0.4) is 0 Å². The van der Waals surface area contributed by atoms with Crippen molar-refractivity contribution in [2.24, 2.45) is 0 Å². The molecule has 0 bridgehead atoms. The number of benzene rings is 2. The van der Waals surface area contributed by atoms with Gasteiger partial charge in [-0.3, -0.25) is 4.57 Å². The summed E-state index contributed by atoms with van der Waals surface area (Å²) in [6, 6.07) is 14.8. The molecule has 0 aliphatic heterocycles. The lowest BCUT2D eigenvalue weighted by Crippen LogP contribution is -2.01. The Bertz CT molecular complexity index is 1020. The first-order valence-electron chi connectivity index (χ1n) is 6.39. The first-order valence-corrected chi connectivity index (χ1v) is 6.77. The maximum Gasteiger partial charge on any atom is 0.364 e. The predicted octanol–water partition coefficient (Wildman–Crippen LogP) is 3.79. The summed E-state index contributed by atoms with van der Waals surface area (Å²) in [7, 11) is 0. The van der Waals surface area contributed by atoms with Crippen molar-refractivity contribution in [3.05, 3.63) is 70.3 Å². The van der Waals surface area contributed by atoms with Crippen LogP contribution in [0.1, 0.15) is 0 Å². The number of aromatic nitrogens is 2. The van der Waals surface area contributed by atoms with Crippen molar-refractivity contribution in [1.82, 2.24) is 9.55 Å². The monoisotopic (exact) mass is 296 g/mol. The fourth-order valence-electron chi connectivity index (χ4n) is 2.45. The molecule has 2 aromatic heterocycles. The molecule has 21 heavy (non-hydrogen) atoms. The highest BCUT2D eigenvalue weighted by Crippen LogP contribution is 2.25. The topological polar surface area (TPSA) is 48.0 Å². The molecule has 0 aliphatic rings. The molecule has 5 heteroatoms. The molecule has 0 spiro atoms. The van der Waals surface area contributed by atoms with E-state index in [1.165, 1.54) is 0 Å². The maximum absolute atomic E-state index is 12.0. The minimum atomic E-state index is -0.434. The van der Waals surface area contributed by atoms with Crippen LogP contribution in [0.2, 0.25) is 5.02 Å². The zero-order valence-corrected chi connectivity index (χ0v) is 11.5. The molecule has 0 amide bonds. The third-order valence-electron chi connectivity index (χ3n) is 3.41. The number of para-hydroxylation sites is 1. The van der Waals surface area contributed by atoms with Gasteiger partial charge in [-0.2, -0.15) is 0 Å². The molecule has 0 N–H and O–H groups in total. The van der Waals surface area contributed by atoms with Crippen LogP contribution >= 0.6 is 11.6 Å². The van der Waals surface area contributed by atoms with Crippen LogP contribution in [-0.2, 0) is 0 Å². The van der Waals surface area contributed by atoms with Gasteiger partial charge >= 0.3 is 5.63 Å². The van der Waals surface area contributed by atoms with Gasteiger partial charge in [0, 0.05) is 16.1 Å². The van der Waals surface area contributed by atoms with E-state index in [1.807, 2.05) is 34.9 Å². The van der Waals surface area contributed by atoms with Crippen molar-refractivity contribution in [3.8, 4) is 5.69 Å². The molecular formula is C16H9ClN2O2. The van der Waals surface area contributed by atoms with E-state index in [4.69, 9.17) is 16.0 Å². The predicted molar refractivity (Wildman–Crippen MR) is 82.1 cm³/mol. The van der Waals surface area contributed by atoms with Gasteiger partial charge in [0.2, 0.25) is 0 Å². The van der Waals surface area contributed by atoms with Crippen molar-refractivity contribution in [3.63, 3.8) is 0 Å². The van der Waals surface area contributed by atoms with Crippen LogP contribution in [0.25, 0.3) is 27.7 Å². The van der Waals surface area contributed by atoms with Crippen molar-refractivity contribution in [2.75, 3.05) is 0 Å². The molecule has 4 rings (SSSR count). The number of hydrogen-bond donors (Lipinski definition) is 0. The first-order chi connectivity index (χ1) is 10.2. The second kappa shape index (κ2) is 4.46.